The van der Waals surface area contributed by atoms with E-state index in [4.69, 9.17) is 23.2 Å². The molecule has 1 aromatic carbocycles. The summed E-state index contributed by atoms with van der Waals surface area (Å²) in [5, 5.41) is 2.88. The fraction of sp³-hybridized carbons (Fsp3) is 0.154. The first-order valence-corrected chi connectivity index (χ1v) is 7.83. The lowest BCUT2D eigenvalue weighted by Crippen LogP contribution is -2.26. The van der Waals surface area contributed by atoms with Gasteiger partial charge in [-0.1, -0.05) is 23.2 Å². The molecular formula is C13H10BrCl2NOS. The molecule has 0 N–H and O–H groups in total. The summed E-state index contributed by atoms with van der Waals surface area (Å²) in [6.45, 7) is 0.550. The van der Waals surface area contributed by atoms with E-state index in [0.717, 1.165) is 9.35 Å². The maximum Gasteiger partial charge on any atom is 0.255 e. The van der Waals surface area contributed by atoms with Crippen LogP contribution in [0.5, 0.6) is 0 Å². The van der Waals surface area contributed by atoms with Crippen LogP contribution in [0.4, 0.5) is 0 Å². The summed E-state index contributed by atoms with van der Waals surface area (Å²) in [4.78, 5) is 15.0. The number of hydrogen-bond acceptors (Lipinski definition) is 2. The van der Waals surface area contributed by atoms with E-state index in [2.05, 4.69) is 15.9 Å². The summed E-state index contributed by atoms with van der Waals surface area (Å²) >= 11 is 16.9. The van der Waals surface area contributed by atoms with Crippen LogP contribution in [0, 0.1) is 0 Å². The van der Waals surface area contributed by atoms with Crippen molar-refractivity contribution in [1.29, 1.82) is 0 Å². The number of nitrogens with zero attached hydrogens (tertiary/aromatic N) is 1. The van der Waals surface area contributed by atoms with Crippen LogP contribution in [0.3, 0.4) is 0 Å². The summed E-state index contributed by atoms with van der Waals surface area (Å²) in [5.41, 5.74) is 0.462. The molecule has 0 aliphatic rings. The molecule has 0 spiro atoms. The van der Waals surface area contributed by atoms with Gasteiger partial charge < -0.3 is 4.90 Å². The molecule has 1 aromatic heterocycles. The molecule has 1 amide bonds. The van der Waals surface area contributed by atoms with Crippen LogP contribution < -0.4 is 0 Å². The lowest BCUT2D eigenvalue weighted by atomic mass is 10.2. The number of benzene rings is 1. The zero-order valence-electron chi connectivity index (χ0n) is 9.99. The zero-order valence-corrected chi connectivity index (χ0v) is 13.9. The van der Waals surface area contributed by atoms with E-state index >= 15 is 0 Å². The summed E-state index contributed by atoms with van der Waals surface area (Å²) in [5.74, 6) is -0.119. The van der Waals surface area contributed by atoms with Crippen molar-refractivity contribution < 1.29 is 4.79 Å². The third-order valence-corrected chi connectivity index (χ3v) is 4.75. The molecule has 100 valence electrons. The Labute approximate surface area is 134 Å². The van der Waals surface area contributed by atoms with Gasteiger partial charge in [-0.3, -0.25) is 4.79 Å². The van der Waals surface area contributed by atoms with Gasteiger partial charge in [0.1, 0.15) is 0 Å². The van der Waals surface area contributed by atoms with Gasteiger partial charge in [0, 0.05) is 26.8 Å². The van der Waals surface area contributed by atoms with E-state index < -0.39 is 0 Å². The van der Waals surface area contributed by atoms with Gasteiger partial charge >= 0.3 is 0 Å². The van der Waals surface area contributed by atoms with Gasteiger partial charge in [-0.15, -0.1) is 11.3 Å². The van der Waals surface area contributed by atoms with E-state index in [-0.39, 0.29) is 5.91 Å². The average molecular weight is 379 g/mol. The number of amides is 1. The maximum atomic E-state index is 12.3. The fourth-order valence-electron chi connectivity index (χ4n) is 1.61. The smallest absolute Gasteiger partial charge is 0.255 e. The average Bonchev–Trinajstić information content (AvgIpc) is 2.74. The van der Waals surface area contributed by atoms with Gasteiger partial charge in [-0.2, -0.15) is 0 Å². The van der Waals surface area contributed by atoms with Crippen molar-refractivity contribution >= 4 is 56.4 Å². The number of carbonyl (C=O) groups excluding carboxylic acids is 1. The van der Waals surface area contributed by atoms with E-state index in [0.29, 0.717) is 22.2 Å². The van der Waals surface area contributed by atoms with Crippen LogP contribution in [0.2, 0.25) is 10.0 Å². The highest BCUT2D eigenvalue weighted by molar-refractivity contribution is 9.10. The second kappa shape index (κ2) is 6.27. The standard InChI is InChI=1S/C13H10BrCl2NOS/c1-17(6-10-4-8(14)7-19-10)13(18)11-3-2-9(15)5-12(11)16/h2-5,7H,6H2,1H3. The third kappa shape index (κ3) is 3.72. The summed E-state index contributed by atoms with van der Waals surface area (Å²) in [6, 6.07) is 6.88. The molecule has 0 aliphatic heterocycles. The van der Waals surface area contributed by atoms with Crippen molar-refractivity contribution in [3.8, 4) is 0 Å². The molecule has 6 heteroatoms. The molecule has 19 heavy (non-hydrogen) atoms. The van der Waals surface area contributed by atoms with Crippen LogP contribution in [0.15, 0.2) is 34.1 Å². The minimum Gasteiger partial charge on any atom is -0.337 e. The van der Waals surface area contributed by atoms with Crippen LogP contribution in [-0.2, 0) is 6.54 Å². The van der Waals surface area contributed by atoms with E-state index in [1.807, 2.05) is 11.4 Å². The van der Waals surface area contributed by atoms with Gasteiger partial charge in [0.15, 0.2) is 0 Å². The lowest BCUT2D eigenvalue weighted by Gasteiger charge is -2.17. The normalized spacial score (nSPS) is 10.5. The van der Waals surface area contributed by atoms with Crippen molar-refractivity contribution in [2.75, 3.05) is 7.05 Å². The molecule has 2 rings (SSSR count). The highest BCUT2D eigenvalue weighted by Crippen LogP contribution is 2.24. The number of rotatable bonds is 3. The fourth-order valence-corrected chi connectivity index (χ4v) is 3.60. The number of thiophene rings is 1. The SMILES string of the molecule is CN(Cc1cc(Br)cs1)C(=O)c1ccc(Cl)cc1Cl. The molecule has 0 atom stereocenters. The Kier molecular flexibility index (Phi) is 4.90. The zero-order chi connectivity index (χ0) is 14.0. The molecule has 2 aromatic rings. The molecule has 0 fully saturated rings. The molecule has 0 saturated carbocycles. The van der Waals surface area contributed by atoms with Crippen molar-refractivity contribution in [2.45, 2.75) is 6.54 Å². The highest BCUT2D eigenvalue weighted by atomic mass is 79.9. The maximum absolute atomic E-state index is 12.3. The Bertz CT molecular complexity index is 614. The van der Waals surface area contributed by atoms with Crippen LogP contribution in [0.25, 0.3) is 0 Å². The Balaban J connectivity index is 2.14. The first-order valence-electron chi connectivity index (χ1n) is 5.41. The second-order valence-corrected chi connectivity index (χ2v) is 6.77. The Morgan fingerprint density at radius 3 is 2.68 bits per heavy atom. The molecule has 0 bridgehead atoms. The largest absolute Gasteiger partial charge is 0.337 e. The second-order valence-electron chi connectivity index (χ2n) is 4.02. The summed E-state index contributed by atoms with van der Waals surface area (Å²) in [6.07, 6.45) is 0. The molecule has 1 heterocycles. The molecular weight excluding hydrogens is 369 g/mol. The van der Waals surface area contributed by atoms with Gasteiger partial charge in [0.05, 0.1) is 17.1 Å². The Morgan fingerprint density at radius 2 is 2.11 bits per heavy atom. The van der Waals surface area contributed by atoms with Crippen molar-refractivity contribution in [1.82, 2.24) is 4.90 Å². The Hall–Kier alpha value is -0.550. The topological polar surface area (TPSA) is 20.3 Å². The van der Waals surface area contributed by atoms with Gasteiger partial charge in [-0.05, 0) is 40.2 Å². The summed E-state index contributed by atoms with van der Waals surface area (Å²) < 4.78 is 1.03. The number of carbonyl (C=O) groups is 1. The van der Waals surface area contributed by atoms with E-state index in [1.165, 1.54) is 0 Å². The minimum absolute atomic E-state index is 0.119. The lowest BCUT2D eigenvalue weighted by molar-refractivity contribution is 0.0786. The number of hydrogen-bond donors (Lipinski definition) is 0. The van der Waals surface area contributed by atoms with E-state index in [1.54, 1.807) is 41.5 Å². The predicted molar refractivity (Wildman–Crippen MR) is 84.3 cm³/mol. The quantitative estimate of drug-likeness (QED) is 0.728. The molecule has 0 aliphatic carbocycles. The van der Waals surface area contributed by atoms with Gasteiger partial charge in [-0.25, -0.2) is 0 Å². The molecule has 2 nitrogen and oxygen atoms in total. The Morgan fingerprint density at radius 1 is 1.37 bits per heavy atom. The first-order chi connectivity index (χ1) is 8.97. The molecule has 0 unspecified atom stereocenters. The van der Waals surface area contributed by atoms with Gasteiger partial charge in [0.2, 0.25) is 0 Å². The third-order valence-electron chi connectivity index (χ3n) is 2.52. The monoisotopic (exact) mass is 377 g/mol. The molecule has 0 saturated heterocycles. The summed E-state index contributed by atoms with van der Waals surface area (Å²) in [7, 11) is 1.75. The van der Waals surface area contributed by atoms with Crippen molar-refractivity contribution in [3.63, 3.8) is 0 Å². The minimum atomic E-state index is -0.119. The predicted octanol–water partition coefficient (Wildman–Crippen LogP) is 5.09. The van der Waals surface area contributed by atoms with Crippen LogP contribution in [0.1, 0.15) is 15.2 Å². The van der Waals surface area contributed by atoms with Crippen LogP contribution in [-0.4, -0.2) is 17.9 Å². The van der Waals surface area contributed by atoms with Crippen molar-refractivity contribution in [3.05, 3.63) is 54.6 Å². The number of halogens is 3. The van der Waals surface area contributed by atoms with E-state index in [9.17, 15) is 4.79 Å². The van der Waals surface area contributed by atoms with Gasteiger partial charge in [0.25, 0.3) is 5.91 Å². The van der Waals surface area contributed by atoms with Crippen LogP contribution >= 0.6 is 50.5 Å². The molecule has 0 radical (unpaired) electrons. The highest BCUT2D eigenvalue weighted by Gasteiger charge is 2.16. The van der Waals surface area contributed by atoms with Crippen molar-refractivity contribution in [2.24, 2.45) is 0 Å². The first kappa shape index (κ1) is 14.9.